The lowest BCUT2D eigenvalue weighted by molar-refractivity contribution is 0.296. The second-order valence-electron chi connectivity index (χ2n) is 4.19. The van der Waals surface area contributed by atoms with E-state index in [1.54, 1.807) is 0 Å². The van der Waals surface area contributed by atoms with Crippen LogP contribution in [0.15, 0.2) is 10.5 Å². The van der Waals surface area contributed by atoms with Crippen LogP contribution in [0.1, 0.15) is 17.5 Å². The first-order valence-corrected chi connectivity index (χ1v) is 6.75. The predicted molar refractivity (Wildman–Crippen MR) is 72.1 cm³/mol. The van der Waals surface area contributed by atoms with Crippen molar-refractivity contribution in [3.05, 3.63) is 21.7 Å². The van der Waals surface area contributed by atoms with Crippen molar-refractivity contribution in [2.45, 2.75) is 19.8 Å². The summed E-state index contributed by atoms with van der Waals surface area (Å²) in [6, 6.07) is 2.03. The average Bonchev–Trinajstić information content (AvgIpc) is 2.54. The van der Waals surface area contributed by atoms with Crippen molar-refractivity contribution < 1.29 is 9.47 Å². The fraction of sp³-hybridized carbons (Fsp3) is 0.538. The zero-order chi connectivity index (χ0) is 12.3. The van der Waals surface area contributed by atoms with E-state index in [-0.39, 0.29) is 0 Å². The maximum absolute atomic E-state index is 5.79. The molecule has 1 aromatic carbocycles. The highest BCUT2D eigenvalue weighted by atomic mass is 79.9. The van der Waals surface area contributed by atoms with Crippen molar-refractivity contribution >= 4 is 15.9 Å². The van der Waals surface area contributed by atoms with Gasteiger partial charge in [-0.25, -0.2) is 0 Å². The predicted octanol–water partition coefficient (Wildman–Crippen LogP) is 2.68. The van der Waals surface area contributed by atoms with E-state index >= 15 is 0 Å². The average molecular weight is 300 g/mol. The van der Waals surface area contributed by atoms with Gasteiger partial charge in [-0.1, -0.05) is 15.9 Å². The van der Waals surface area contributed by atoms with Gasteiger partial charge in [-0.15, -0.1) is 0 Å². The Morgan fingerprint density at radius 2 is 2.12 bits per heavy atom. The number of hydrogen-bond acceptors (Lipinski definition) is 3. The Balaban J connectivity index is 2.37. The van der Waals surface area contributed by atoms with E-state index in [2.05, 4.69) is 28.2 Å². The summed E-state index contributed by atoms with van der Waals surface area (Å²) in [6.45, 7) is 4.53. The van der Waals surface area contributed by atoms with Crippen molar-refractivity contribution in [2.24, 2.45) is 0 Å². The second kappa shape index (κ2) is 5.74. The van der Waals surface area contributed by atoms with E-state index in [1.807, 2.05) is 13.1 Å². The smallest absolute Gasteiger partial charge is 0.164 e. The number of ether oxygens (including phenoxy) is 2. The lowest BCUT2D eigenvalue weighted by atomic mass is 10.0. The van der Waals surface area contributed by atoms with Crippen LogP contribution in [0, 0.1) is 6.92 Å². The molecule has 0 amide bonds. The summed E-state index contributed by atoms with van der Waals surface area (Å²) in [5.41, 5.74) is 2.48. The molecule has 1 aliphatic rings. The van der Waals surface area contributed by atoms with Gasteiger partial charge in [0.2, 0.25) is 0 Å². The highest BCUT2D eigenvalue weighted by molar-refractivity contribution is 9.10. The van der Waals surface area contributed by atoms with Crippen LogP contribution < -0.4 is 14.8 Å². The highest BCUT2D eigenvalue weighted by Gasteiger charge is 2.18. The van der Waals surface area contributed by atoms with Crippen LogP contribution in [-0.4, -0.2) is 26.8 Å². The van der Waals surface area contributed by atoms with Crippen LogP contribution in [-0.2, 0) is 6.42 Å². The third-order valence-corrected chi connectivity index (χ3v) is 3.69. The molecule has 2 rings (SSSR count). The van der Waals surface area contributed by atoms with Crippen molar-refractivity contribution in [1.82, 2.24) is 5.32 Å². The minimum atomic E-state index is 0.731. The molecule has 0 spiro atoms. The molecule has 0 aliphatic carbocycles. The van der Waals surface area contributed by atoms with Gasteiger partial charge in [0.05, 0.1) is 13.2 Å². The molecule has 0 saturated heterocycles. The number of hydrogen-bond donors (Lipinski definition) is 1. The van der Waals surface area contributed by atoms with Crippen molar-refractivity contribution in [2.75, 3.05) is 26.8 Å². The molecule has 0 saturated carbocycles. The molecule has 1 heterocycles. The van der Waals surface area contributed by atoms with Crippen LogP contribution in [0.4, 0.5) is 0 Å². The minimum Gasteiger partial charge on any atom is -0.490 e. The summed E-state index contributed by atoms with van der Waals surface area (Å²) >= 11 is 3.62. The quantitative estimate of drug-likeness (QED) is 0.931. The zero-order valence-electron chi connectivity index (χ0n) is 10.3. The number of fused-ring (bicyclic) bond motifs is 1. The lowest BCUT2D eigenvalue weighted by Crippen LogP contribution is -2.12. The van der Waals surface area contributed by atoms with Gasteiger partial charge in [-0.3, -0.25) is 0 Å². The SMILES string of the molecule is CNCCc1c(Br)cc2c(c1C)OCCCO2. The molecule has 1 N–H and O–H groups in total. The summed E-state index contributed by atoms with van der Waals surface area (Å²) in [5, 5.41) is 3.17. The Hall–Kier alpha value is -0.740. The molecule has 94 valence electrons. The van der Waals surface area contributed by atoms with Crippen LogP contribution in [0.25, 0.3) is 0 Å². The van der Waals surface area contributed by atoms with Gasteiger partial charge >= 0.3 is 0 Å². The van der Waals surface area contributed by atoms with Crippen LogP contribution in [0.5, 0.6) is 11.5 Å². The molecule has 1 aromatic rings. The third-order valence-electron chi connectivity index (χ3n) is 2.98. The first kappa shape index (κ1) is 12.7. The van der Waals surface area contributed by atoms with Crippen LogP contribution >= 0.6 is 15.9 Å². The van der Waals surface area contributed by atoms with Crippen molar-refractivity contribution in [3.8, 4) is 11.5 Å². The number of benzene rings is 1. The summed E-state index contributed by atoms with van der Waals surface area (Å²) in [6.07, 6.45) is 1.93. The number of likely N-dealkylation sites (N-methyl/N-ethyl adjacent to an activating group) is 1. The molecule has 0 atom stereocenters. The topological polar surface area (TPSA) is 30.5 Å². The molecule has 3 nitrogen and oxygen atoms in total. The van der Waals surface area contributed by atoms with E-state index < -0.39 is 0 Å². The number of nitrogens with one attached hydrogen (secondary N) is 1. The summed E-state index contributed by atoms with van der Waals surface area (Å²) in [4.78, 5) is 0. The molecule has 0 radical (unpaired) electrons. The fourth-order valence-electron chi connectivity index (χ4n) is 2.03. The van der Waals surface area contributed by atoms with E-state index in [9.17, 15) is 0 Å². The largest absolute Gasteiger partial charge is 0.490 e. The van der Waals surface area contributed by atoms with E-state index in [0.29, 0.717) is 0 Å². The van der Waals surface area contributed by atoms with Crippen LogP contribution in [0.3, 0.4) is 0 Å². The Kier molecular flexibility index (Phi) is 4.29. The first-order valence-electron chi connectivity index (χ1n) is 5.96. The molecular weight excluding hydrogens is 282 g/mol. The normalized spacial score (nSPS) is 14.5. The van der Waals surface area contributed by atoms with E-state index in [1.165, 1.54) is 11.1 Å². The summed E-state index contributed by atoms with van der Waals surface area (Å²) < 4.78 is 12.6. The summed E-state index contributed by atoms with van der Waals surface area (Å²) in [7, 11) is 1.96. The first-order chi connectivity index (χ1) is 8.24. The Labute approximate surface area is 111 Å². The van der Waals surface area contributed by atoms with Gasteiger partial charge in [0, 0.05) is 10.9 Å². The van der Waals surface area contributed by atoms with Gasteiger partial charge in [0.15, 0.2) is 11.5 Å². The summed E-state index contributed by atoms with van der Waals surface area (Å²) in [5.74, 6) is 1.77. The lowest BCUT2D eigenvalue weighted by Gasteiger charge is -2.16. The molecular formula is C13H18BrNO2. The molecule has 1 aliphatic heterocycles. The van der Waals surface area contributed by atoms with Gasteiger partial charge < -0.3 is 14.8 Å². The van der Waals surface area contributed by atoms with Crippen molar-refractivity contribution in [3.63, 3.8) is 0 Å². The Bertz CT molecular complexity index is 407. The second-order valence-corrected chi connectivity index (χ2v) is 5.05. The van der Waals surface area contributed by atoms with E-state index in [0.717, 1.165) is 48.6 Å². The Morgan fingerprint density at radius 3 is 2.88 bits per heavy atom. The van der Waals surface area contributed by atoms with Gasteiger partial charge in [-0.05, 0) is 44.1 Å². The van der Waals surface area contributed by atoms with Gasteiger partial charge in [0.1, 0.15) is 0 Å². The van der Waals surface area contributed by atoms with Crippen LogP contribution in [0.2, 0.25) is 0 Å². The highest BCUT2D eigenvalue weighted by Crippen LogP contribution is 2.39. The maximum atomic E-state index is 5.79. The molecule has 0 fully saturated rings. The number of halogens is 1. The van der Waals surface area contributed by atoms with Gasteiger partial charge in [-0.2, -0.15) is 0 Å². The molecule has 4 heteroatoms. The zero-order valence-corrected chi connectivity index (χ0v) is 11.9. The maximum Gasteiger partial charge on any atom is 0.164 e. The molecule has 0 aromatic heterocycles. The molecule has 0 unspecified atom stereocenters. The molecule has 0 bridgehead atoms. The van der Waals surface area contributed by atoms with Gasteiger partial charge in [0.25, 0.3) is 0 Å². The standard InChI is InChI=1S/C13H18BrNO2/c1-9-10(4-5-15-2)11(14)8-12-13(9)17-7-3-6-16-12/h8,15H,3-7H2,1-2H3. The third kappa shape index (κ3) is 2.75. The minimum absolute atomic E-state index is 0.731. The number of rotatable bonds is 3. The molecule has 17 heavy (non-hydrogen) atoms. The van der Waals surface area contributed by atoms with Crippen molar-refractivity contribution in [1.29, 1.82) is 0 Å². The monoisotopic (exact) mass is 299 g/mol. The Morgan fingerprint density at radius 1 is 1.35 bits per heavy atom. The van der Waals surface area contributed by atoms with E-state index in [4.69, 9.17) is 9.47 Å². The fourth-order valence-corrected chi connectivity index (χ4v) is 2.73.